The average molecular weight is 591 g/mol. The molecular formula is C30H43FN4O7. The number of halogens is 1. The van der Waals surface area contributed by atoms with Crippen LogP contribution in [0.15, 0.2) is 36.1 Å². The van der Waals surface area contributed by atoms with E-state index in [-0.39, 0.29) is 30.1 Å². The van der Waals surface area contributed by atoms with Crippen LogP contribution in [0, 0.1) is 11.7 Å². The zero-order chi connectivity index (χ0) is 32.0. The van der Waals surface area contributed by atoms with Crippen molar-refractivity contribution in [2.24, 2.45) is 5.92 Å². The zero-order valence-electron chi connectivity index (χ0n) is 25.6. The number of allylic oxidation sites excluding steroid dienone is 2. The summed E-state index contributed by atoms with van der Waals surface area (Å²) in [5.74, 6) is -4.08. The molecular weight excluding hydrogens is 547 g/mol. The van der Waals surface area contributed by atoms with E-state index < -0.39 is 59.1 Å². The molecule has 42 heavy (non-hydrogen) atoms. The van der Waals surface area contributed by atoms with Gasteiger partial charge in [-0.05, 0) is 65.2 Å². The summed E-state index contributed by atoms with van der Waals surface area (Å²) in [6, 6.07) is 1.21. The topological polar surface area (TPSA) is 153 Å². The molecule has 1 rings (SSSR count). The van der Waals surface area contributed by atoms with Crippen LogP contribution in [0.4, 0.5) is 9.18 Å². The van der Waals surface area contributed by atoms with Crippen molar-refractivity contribution in [2.45, 2.75) is 98.9 Å². The van der Waals surface area contributed by atoms with Gasteiger partial charge in [0.1, 0.15) is 29.2 Å². The van der Waals surface area contributed by atoms with Crippen molar-refractivity contribution >= 4 is 29.7 Å². The van der Waals surface area contributed by atoms with E-state index in [4.69, 9.17) is 9.47 Å². The minimum Gasteiger partial charge on any atom is -0.456 e. The molecule has 1 aromatic heterocycles. The van der Waals surface area contributed by atoms with Crippen LogP contribution < -0.4 is 16.0 Å². The van der Waals surface area contributed by atoms with E-state index in [1.807, 2.05) is 13.0 Å². The Morgan fingerprint density at radius 1 is 1.12 bits per heavy atom. The lowest BCUT2D eigenvalue weighted by atomic mass is 10.0. The second-order valence-electron chi connectivity index (χ2n) is 10.9. The number of hydrogen-bond donors (Lipinski definition) is 3. The first-order valence-electron chi connectivity index (χ1n) is 13.8. The predicted octanol–water partition coefficient (Wildman–Crippen LogP) is 4.27. The molecule has 0 aliphatic carbocycles. The summed E-state index contributed by atoms with van der Waals surface area (Å²) in [5, 5.41) is 7.34. The number of alkyl carbamates (subject to hydrolysis) is 1. The number of nitrogens with zero attached hydrogens (tertiary/aromatic N) is 1. The Bertz CT molecular complexity index is 1190. The molecule has 3 N–H and O–H groups in total. The normalized spacial score (nSPS) is 13.3. The molecule has 0 radical (unpaired) electrons. The number of rotatable bonds is 14. The lowest BCUT2D eigenvalue weighted by molar-refractivity contribution is -0.152. The molecule has 0 aromatic carbocycles. The second kappa shape index (κ2) is 17.0. The summed E-state index contributed by atoms with van der Waals surface area (Å²) in [4.78, 5) is 66.4. The number of carbonyl (C=O) groups is 5. The standard InChI is InChI=1S/C30H43FN4O7/c1-9-11-12-13-21(16-19(5)36)41-28(39)24(18(3)4)35-26(37)23(10-2)34-27(38)25-22(31)15-14-20(33-25)17-32-29(40)42-30(6,7)8/h10,12-15,18,21,24H,9,11,16-17H2,1-8H3,(H,32,40)(H,34,38)(H,35,37)/b13-12+,23-10-/t21-,24+/m1/s1. The summed E-state index contributed by atoms with van der Waals surface area (Å²) in [5.41, 5.74) is -1.40. The molecule has 0 unspecified atom stereocenters. The van der Waals surface area contributed by atoms with Gasteiger partial charge in [-0.1, -0.05) is 39.3 Å². The minimum atomic E-state index is -1.10. The van der Waals surface area contributed by atoms with Gasteiger partial charge in [-0.3, -0.25) is 14.4 Å². The van der Waals surface area contributed by atoms with Crippen molar-refractivity contribution in [2.75, 3.05) is 0 Å². The van der Waals surface area contributed by atoms with Crippen LogP contribution in [0.3, 0.4) is 0 Å². The van der Waals surface area contributed by atoms with Crippen LogP contribution in [0.25, 0.3) is 0 Å². The number of amides is 3. The molecule has 3 amide bonds. The highest BCUT2D eigenvalue weighted by atomic mass is 19.1. The number of hydrogen-bond acceptors (Lipinski definition) is 8. The van der Waals surface area contributed by atoms with Crippen molar-refractivity contribution in [3.05, 3.63) is 53.3 Å². The molecule has 1 aromatic rings. The number of ether oxygens (including phenoxy) is 2. The molecule has 0 fully saturated rings. The van der Waals surface area contributed by atoms with E-state index in [9.17, 15) is 28.4 Å². The Morgan fingerprint density at radius 2 is 1.79 bits per heavy atom. The van der Waals surface area contributed by atoms with E-state index in [0.29, 0.717) is 0 Å². The molecule has 0 saturated carbocycles. The summed E-state index contributed by atoms with van der Waals surface area (Å²) in [6.07, 6.45) is 4.89. The first kappa shape index (κ1) is 35.9. The number of aromatic nitrogens is 1. The highest BCUT2D eigenvalue weighted by Gasteiger charge is 2.29. The maximum absolute atomic E-state index is 14.5. The SMILES string of the molecule is C/C=C(\NC(=O)c1nc(CNC(=O)OC(C)(C)C)ccc1F)C(=O)N[C@H](C(=O)O[C@H](/C=C/CCC)CC(C)=O)C(C)C. The number of Topliss-reactive ketones (excluding diaryl/α,β-unsaturated/α-hetero) is 1. The number of nitrogens with one attached hydrogen (secondary N) is 3. The highest BCUT2D eigenvalue weighted by Crippen LogP contribution is 2.12. The number of pyridine rings is 1. The van der Waals surface area contributed by atoms with Gasteiger partial charge >= 0.3 is 12.1 Å². The monoisotopic (exact) mass is 590 g/mol. The second-order valence-corrected chi connectivity index (χ2v) is 10.9. The molecule has 0 aliphatic heterocycles. The maximum Gasteiger partial charge on any atom is 0.407 e. The Labute approximate surface area is 246 Å². The van der Waals surface area contributed by atoms with Crippen LogP contribution in [-0.4, -0.2) is 52.4 Å². The Balaban J connectivity index is 2.98. The molecule has 1 heterocycles. The highest BCUT2D eigenvalue weighted by molar-refractivity contribution is 6.03. The molecule has 0 saturated heterocycles. The fourth-order valence-corrected chi connectivity index (χ4v) is 3.44. The zero-order valence-corrected chi connectivity index (χ0v) is 25.6. The molecule has 11 nitrogen and oxygen atoms in total. The first-order chi connectivity index (χ1) is 19.6. The summed E-state index contributed by atoms with van der Waals surface area (Å²) in [7, 11) is 0. The summed E-state index contributed by atoms with van der Waals surface area (Å²) < 4.78 is 25.2. The minimum absolute atomic E-state index is 0.00813. The van der Waals surface area contributed by atoms with Gasteiger partial charge in [-0.2, -0.15) is 0 Å². The molecule has 0 spiro atoms. The van der Waals surface area contributed by atoms with Crippen LogP contribution in [0.1, 0.15) is 90.8 Å². The fraction of sp³-hybridized carbons (Fsp3) is 0.533. The number of unbranched alkanes of at least 4 members (excludes halogenated alkanes) is 1. The Morgan fingerprint density at radius 3 is 2.33 bits per heavy atom. The van der Waals surface area contributed by atoms with Gasteiger partial charge in [0.15, 0.2) is 11.5 Å². The van der Waals surface area contributed by atoms with Crippen molar-refractivity contribution in [3.63, 3.8) is 0 Å². The Kier molecular flexibility index (Phi) is 14.5. The van der Waals surface area contributed by atoms with E-state index in [1.165, 1.54) is 26.0 Å². The summed E-state index contributed by atoms with van der Waals surface area (Å²) >= 11 is 0. The van der Waals surface area contributed by atoms with Crippen LogP contribution in [0.2, 0.25) is 0 Å². The van der Waals surface area contributed by atoms with Crippen molar-refractivity contribution < 1.29 is 37.8 Å². The van der Waals surface area contributed by atoms with Gasteiger partial charge in [0.25, 0.3) is 11.8 Å². The number of esters is 1. The largest absolute Gasteiger partial charge is 0.456 e. The third-order valence-corrected chi connectivity index (χ3v) is 5.48. The molecule has 12 heteroatoms. The van der Waals surface area contributed by atoms with Gasteiger partial charge in [0.2, 0.25) is 0 Å². The van der Waals surface area contributed by atoms with Crippen molar-refractivity contribution in [3.8, 4) is 0 Å². The Hall–Kier alpha value is -4.09. The third-order valence-electron chi connectivity index (χ3n) is 5.48. The third kappa shape index (κ3) is 13.0. The van der Waals surface area contributed by atoms with E-state index in [2.05, 4.69) is 20.9 Å². The van der Waals surface area contributed by atoms with Gasteiger partial charge in [0.05, 0.1) is 12.2 Å². The smallest absolute Gasteiger partial charge is 0.407 e. The maximum atomic E-state index is 14.5. The van der Waals surface area contributed by atoms with Gasteiger partial charge < -0.3 is 25.4 Å². The number of carbonyl (C=O) groups excluding carboxylic acids is 5. The summed E-state index contributed by atoms with van der Waals surface area (Å²) in [6.45, 7) is 13.2. The van der Waals surface area contributed by atoms with E-state index >= 15 is 0 Å². The molecule has 2 atom stereocenters. The fourth-order valence-electron chi connectivity index (χ4n) is 3.44. The van der Waals surface area contributed by atoms with Gasteiger partial charge in [0, 0.05) is 6.42 Å². The molecule has 0 bridgehead atoms. The molecule has 232 valence electrons. The van der Waals surface area contributed by atoms with Gasteiger partial charge in [-0.25, -0.2) is 19.0 Å². The van der Waals surface area contributed by atoms with Crippen LogP contribution in [0.5, 0.6) is 0 Å². The van der Waals surface area contributed by atoms with Crippen molar-refractivity contribution in [1.29, 1.82) is 0 Å². The van der Waals surface area contributed by atoms with Crippen LogP contribution >= 0.6 is 0 Å². The van der Waals surface area contributed by atoms with Crippen LogP contribution in [-0.2, 0) is 30.4 Å². The quantitative estimate of drug-likeness (QED) is 0.165. The lowest BCUT2D eigenvalue weighted by Crippen LogP contribution is -2.48. The average Bonchev–Trinajstić information content (AvgIpc) is 2.88. The van der Waals surface area contributed by atoms with Crippen molar-refractivity contribution in [1.82, 2.24) is 20.9 Å². The predicted molar refractivity (Wildman–Crippen MR) is 154 cm³/mol. The lowest BCUT2D eigenvalue weighted by Gasteiger charge is -2.24. The first-order valence-corrected chi connectivity index (χ1v) is 13.8. The van der Waals surface area contributed by atoms with E-state index in [0.717, 1.165) is 18.9 Å². The molecule has 0 aliphatic rings. The number of ketones is 1. The van der Waals surface area contributed by atoms with Gasteiger partial charge in [-0.15, -0.1) is 0 Å². The van der Waals surface area contributed by atoms with E-state index in [1.54, 1.807) is 40.7 Å².